The first-order valence-electron chi connectivity index (χ1n) is 5.55. The minimum Gasteiger partial charge on any atom is -0.352 e. The first-order chi connectivity index (χ1) is 7.50. The van der Waals surface area contributed by atoms with Crippen molar-refractivity contribution >= 4 is 5.91 Å². The summed E-state index contributed by atoms with van der Waals surface area (Å²) in [4.78, 5) is 11.6. The van der Waals surface area contributed by atoms with E-state index in [0.29, 0.717) is 12.5 Å². The molecule has 0 aliphatic carbocycles. The minimum absolute atomic E-state index is 0.120. The summed E-state index contributed by atoms with van der Waals surface area (Å²) in [7, 11) is 0. The Hall–Kier alpha value is -1.38. The van der Waals surface area contributed by atoms with Gasteiger partial charge >= 0.3 is 0 Å². The van der Waals surface area contributed by atoms with Gasteiger partial charge in [-0.15, -0.1) is 0 Å². The van der Waals surface area contributed by atoms with E-state index in [1.54, 1.807) is 13.0 Å². The third-order valence-corrected chi connectivity index (χ3v) is 2.38. The van der Waals surface area contributed by atoms with Crippen LogP contribution in [0.15, 0.2) is 18.2 Å². The summed E-state index contributed by atoms with van der Waals surface area (Å²) >= 11 is 0. The Kier molecular flexibility index (Phi) is 4.47. The van der Waals surface area contributed by atoms with Crippen LogP contribution in [-0.4, -0.2) is 12.5 Å². The number of hydrogen-bond donors (Lipinski definition) is 1. The van der Waals surface area contributed by atoms with Crippen molar-refractivity contribution in [3.8, 4) is 0 Å². The van der Waals surface area contributed by atoms with Crippen molar-refractivity contribution in [3.63, 3.8) is 0 Å². The summed E-state index contributed by atoms with van der Waals surface area (Å²) in [5.74, 6) is -0.261. The van der Waals surface area contributed by atoms with E-state index in [4.69, 9.17) is 0 Å². The van der Waals surface area contributed by atoms with E-state index in [-0.39, 0.29) is 11.5 Å². The third-order valence-electron chi connectivity index (χ3n) is 2.38. The molecule has 0 aliphatic heterocycles. The van der Waals surface area contributed by atoms with E-state index in [1.165, 1.54) is 12.1 Å². The zero-order valence-electron chi connectivity index (χ0n) is 10.0. The fourth-order valence-corrected chi connectivity index (χ4v) is 1.37. The Morgan fingerprint density at radius 2 is 2.12 bits per heavy atom. The van der Waals surface area contributed by atoms with Crippen LogP contribution in [0.2, 0.25) is 0 Å². The Balaban J connectivity index is 2.59. The van der Waals surface area contributed by atoms with Crippen LogP contribution in [0.1, 0.15) is 36.2 Å². The van der Waals surface area contributed by atoms with Crippen LogP contribution in [-0.2, 0) is 0 Å². The van der Waals surface area contributed by atoms with Crippen LogP contribution in [0, 0.1) is 18.7 Å². The number of rotatable bonds is 4. The van der Waals surface area contributed by atoms with Gasteiger partial charge < -0.3 is 5.32 Å². The molecule has 0 fully saturated rings. The van der Waals surface area contributed by atoms with Gasteiger partial charge in [-0.05, 0) is 37.0 Å². The summed E-state index contributed by atoms with van der Waals surface area (Å²) in [6.07, 6.45) is 0.902. The molecule has 1 amide bonds. The molecule has 1 aromatic carbocycles. The van der Waals surface area contributed by atoms with Crippen LogP contribution >= 0.6 is 0 Å². The molecular formula is C13H18FNO. The fraction of sp³-hybridized carbons (Fsp3) is 0.462. The smallest absolute Gasteiger partial charge is 0.254 e. The van der Waals surface area contributed by atoms with Crippen LogP contribution in [0.5, 0.6) is 0 Å². The standard InChI is InChI=1S/C13H18FNO/c1-9(2)6-7-15-13(16)11-5-4-10(3)8-12(11)14/h4-5,8-9H,6-7H2,1-3H3,(H,15,16). The quantitative estimate of drug-likeness (QED) is 0.835. The normalized spacial score (nSPS) is 10.6. The van der Waals surface area contributed by atoms with E-state index >= 15 is 0 Å². The van der Waals surface area contributed by atoms with Gasteiger partial charge in [-0.3, -0.25) is 4.79 Å². The summed E-state index contributed by atoms with van der Waals surface area (Å²) in [5, 5.41) is 2.71. The largest absolute Gasteiger partial charge is 0.352 e. The Morgan fingerprint density at radius 1 is 1.44 bits per heavy atom. The van der Waals surface area contributed by atoms with Gasteiger partial charge in [-0.1, -0.05) is 19.9 Å². The summed E-state index contributed by atoms with van der Waals surface area (Å²) in [5.41, 5.74) is 0.936. The zero-order chi connectivity index (χ0) is 12.1. The van der Waals surface area contributed by atoms with E-state index in [9.17, 15) is 9.18 Å². The van der Waals surface area contributed by atoms with Crippen LogP contribution < -0.4 is 5.32 Å². The second kappa shape index (κ2) is 5.64. The first kappa shape index (κ1) is 12.7. The monoisotopic (exact) mass is 223 g/mol. The second-order valence-electron chi connectivity index (χ2n) is 4.42. The van der Waals surface area contributed by atoms with Crippen molar-refractivity contribution in [2.45, 2.75) is 27.2 Å². The molecule has 1 N–H and O–H groups in total. The van der Waals surface area contributed by atoms with Crippen molar-refractivity contribution in [1.29, 1.82) is 0 Å². The van der Waals surface area contributed by atoms with Gasteiger partial charge in [0.1, 0.15) is 5.82 Å². The Bertz CT molecular complexity index is 374. The molecule has 0 heterocycles. The molecule has 1 rings (SSSR count). The van der Waals surface area contributed by atoms with Gasteiger partial charge in [0.05, 0.1) is 5.56 Å². The molecular weight excluding hydrogens is 205 g/mol. The molecule has 0 bridgehead atoms. The molecule has 0 aliphatic rings. The molecule has 0 saturated heterocycles. The Morgan fingerprint density at radius 3 is 2.69 bits per heavy atom. The van der Waals surface area contributed by atoms with E-state index < -0.39 is 5.82 Å². The number of carbonyl (C=O) groups is 1. The lowest BCUT2D eigenvalue weighted by molar-refractivity contribution is 0.0948. The minimum atomic E-state index is -0.456. The van der Waals surface area contributed by atoms with Crippen molar-refractivity contribution in [3.05, 3.63) is 35.1 Å². The van der Waals surface area contributed by atoms with E-state index in [0.717, 1.165) is 12.0 Å². The second-order valence-corrected chi connectivity index (χ2v) is 4.42. The van der Waals surface area contributed by atoms with E-state index in [1.807, 2.05) is 0 Å². The SMILES string of the molecule is Cc1ccc(C(=O)NCCC(C)C)c(F)c1. The average molecular weight is 223 g/mol. The molecule has 3 heteroatoms. The van der Waals surface area contributed by atoms with Gasteiger partial charge in [0.25, 0.3) is 5.91 Å². The fourth-order valence-electron chi connectivity index (χ4n) is 1.37. The maximum atomic E-state index is 13.4. The predicted molar refractivity (Wildman–Crippen MR) is 62.9 cm³/mol. The molecule has 2 nitrogen and oxygen atoms in total. The lowest BCUT2D eigenvalue weighted by Gasteiger charge is -2.08. The Labute approximate surface area is 95.9 Å². The number of aryl methyl sites for hydroxylation is 1. The van der Waals surface area contributed by atoms with Crippen LogP contribution in [0.25, 0.3) is 0 Å². The highest BCUT2D eigenvalue weighted by atomic mass is 19.1. The van der Waals surface area contributed by atoms with Crippen molar-refractivity contribution in [2.24, 2.45) is 5.92 Å². The van der Waals surface area contributed by atoms with Crippen LogP contribution in [0.3, 0.4) is 0 Å². The predicted octanol–water partition coefficient (Wildman–Crippen LogP) is 2.91. The third kappa shape index (κ3) is 3.65. The molecule has 0 saturated carbocycles. The summed E-state index contributed by atoms with van der Waals surface area (Å²) < 4.78 is 13.4. The zero-order valence-corrected chi connectivity index (χ0v) is 10.0. The maximum Gasteiger partial charge on any atom is 0.254 e. The molecule has 0 unspecified atom stereocenters. The molecule has 88 valence electrons. The number of carbonyl (C=O) groups excluding carboxylic acids is 1. The molecule has 0 spiro atoms. The highest BCUT2D eigenvalue weighted by molar-refractivity contribution is 5.94. The lowest BCUT2D eigenvalue weighted by Crippen LogP contribution is -2.26. The number of nitrogens with one attached hydrogen (secondary N) is 1. The van der Waals surface area contributed by atoms with Crippen molar-refractivity contribution < 1.29 is 9.18 Å². The summed E-state index contributed by atoms with van der Waals surface area (Å²) in [6.45, 7) is 6.55. The van der Waals surface area contributed by atoms with Gasteiger partial charge in [0, 0.05) is 6.54 Å². The van der Waals surface area contributed by atoms with Gasteiger partial charge in [0.2, 0.25) is 0 Å². The molecule has 0 atom stereocenters. The lowest BCUT2D eigenvalue weighted by atomic mass is 10.1. The van der Waals surface area contributed by atoms with Crippen molar-refractivity contribution in [2.75, 3.05) is 6.54 Å². The van der Waals surface area contributed by atoms with Crippen molar-refractivity contribution in [1.82, 2.24) is 5.32 Å². The topological polar surface area (TPSA) is 29.1 Å². The first-order valence-corrected chi connectivity index (χ1v) is 5.55. The van der Waals surface area contributed by atoms with E-state index in [2.05, 4.69) is 19.2 Å². The number of amides is 1. The molecule has 16 heavy (non-hydrogen) atoms. The van der Waals surface area contributed by atoms with Gasteiger partial charge in [0.15, 0.2) is 0 Å². The number of hydrogen-bond acceptors (Lipinski definition) is 1. The average Bonchev–Trinajstić information content (AvgIpc) is 2.16. The van der Waals surface area contributed by atoms with Gasteiger partial charge in [-0.25, -0.2) is 4.39 Å². The van der Waals surface area contributed by atoms with Gasteiger partial charge in [-0.2, -0.15) is 0 Å². The highest BCUT2D eigenvalue weighted by Gasteiger charge is 2.10. The number of halogens is 1. The molecule has 1 aromatic rings. The summed E-state index contributed by atoms with van der Waals surface area (Å²) in [6, 6.07) is 4.63. The molecule has 0 aromatic heterocycles. The molecule has 0 radical (unpaired) electrons. The number of benzene rings is 1. The van der Waals surface area contributed by atoms with Crippen LogP contribution in [0.4, 0.5) is 4.39 Å². The maximum absolute atomic E-state index is 13.4. The highest BCUT2D eigenvalue weighted by Crippen LogP contribution is 2.09.